The van der Waals surface area contributed by atoms with Gasteiger partial charge in [-0.05, 0) is 49.6 Å². The molecule has 0 aromatic heterocycles. The van der Waals surface area contributed by atoms with Crippen LogP contribution < -0.4 is 14.4 Å². The van der Waals surface area contributed by atoms with Gasteiger partial charge in [-0.2, -0.15) is 0 Å². The number of rotatable bonds is 14. The molecule has 0 fully saturated rings. The predicted octanol–water partition coefficient (Wildman–Crippen LogP) is 4.23. The van der Waals surface area contributed by atoms with Crippen molar-refractivity contribution in [2.24, 2.45) is 0 Å². The number of hydrogen-bond acceptors (Lipinski definition) is 5. The van der Waals surface area contributed by atoms with Crippen LogP contribution in [0.15, 0.2) is 48.5 Å². The first-order valence-corrected chi connectivity index (χ1v) is 14.2. The molecule has 0 aliphatic rings. The molecule has 0 radical (unpaired) electrons. The van der Waals surface area contributed by atoms with Crippen LogP contribution in [0.4, 0.5) is 5.69 Å². The van der Waals surface area contributed by atoms with Crippen molar-refractivity contribution in [3.63, 3.8) is 0 Å². The van der Waals surface area contributed by atoms with Gasteiger partial charge in [0.15, 0.2) is 0 Å². The minimum absolute atomic E-state index is 0.0795. The second kappa shape index (κ2) is 14.1. The lowest BCUT2D eigenvalue weighted by molar-refractivity contribution is -0.140. The van der Waals surface area contributed by atoms with Crippen molar-refractivity contribution in [3.05, 3.63) is 59.1 Å². The van der Waals surface area contributed by atoms with E-state index in [0.29, 0.717) is 23.0 Å². The summed E-state index contributed by atoms with van der Waals surface area (Å²) < 4.78 is 31.4. The van der Waals surface area contributed by atoms with Crippen molar-refractivity contribution < 1.29 is 22.7 Å². The van der Waals surface area contributed by atoms with Gasteiger partial charge in [0, 0.05) is 37.1 Å². The van der Waals surface area contributed by atoms with Crippen molar-refractivity contribution in [1.29, 1.82) is 0 Å². The molecule has 0 spiro atoms. The second-order valence-electron chi connectivity index (χ2n) is 8.61. The quantitative estimate of drug-likeness (QED) is 0.364. The van der Waals surface area contributed by atoms with Crippen molar-refractivity contribution in [3.8, 4) is 5.75 Å². The van der Waals surface area contributed by atoms with Crippen LogP contribution in [0.5, 0.6) is 5.75 Å². The molecule has 198 valence electrons. The number of halogens is 1. The van der Waals surface area contributed by atoms with E-state index in [4.69, 9.17) is 16.3 Å². The van der Waals surface area contributed by atoms with Crippen LogP contribution in [0.3, 0.4) is 0 Å². The fraction of sp³-hybridized carbons (Fsp3) is 0.462. The van der Waals surface area contributed by atoms with Crippen molar-refractivity contribution >= 4 is 39.1 Å². The molecular weight excluding hydrogens is 502 g/mol. The Hall–Kier alpha value is -2.78. The van der Waals surface area contributed by atoms with Gasteiger partial charge in [0.2, 0.25) is 21.8 Å². The Morgan fingerprint density at radius 3 is 2.42 bits per heavy atom. The Bertz CT molecular complexity index is 1110. The number of nitrogens with zero attached hydrogens (tertiary/aromatic N) is 2. The highest BCUT2D eigenvalue weighted by Gasteiger charge is 2.26. The molecule has 1 unspecified atom stereocenters. The zero-order valence-corrected chi connectivity index (χ0v) is 22.9. The smallest absolute Gasteiger partial charge is 0.242 e. The van der Waals surface area contributed by atoms with Gasteiger partial charge in [0.25, 0.3) is 0 Å². The summed E-state index contributed by atoms with van der Waals surface area (Å²) in [5.74, 6) is 0.0800. The summed E-state index contributed by atoms with van der Waals surface area (Å²) in [7, 11) is -2.07. The summed E-state index contributed by atoms with van der Waals surface area (Å²) in [6.07, 6.45) is 3.30. The van der Waals surface area contributed by atoms with Crippen molar-refractivity contribution in [2.45, 2.75) is 52.1 Å². The lowest BCUT2D eigenvalue weighted by Crippen LogP contribution is -2.47. The van der Waals surface area contributed by atoms with Crippen LogP contribution in [-0.4, -0.2) is 57.6 Å². The van der Waals surface area contributed by atoms with Gasteiger partial charge in [-0.3, -0.25) is 13.9 Å². The van der Waals surface area contributed by atoms with Crippen molar-refractivity contribution in [1.82, 2.24) is 10.2 Å². The Morgan fingerprint density at radius 1 is 1.11 bits per heavy atom. The topological polar surface area (TPSA) is 96.0 Å². The largest absolute Gasteiger partial charge is 0.497 e. The maximum atomic E-state index is 13.3. The van der Waals surface area contributed by atoms with Crippen LogP contribution in [0, 0.1) is 0 Å². The van der Waals surface area contributed by atoms with Crippen LogP contribution in [0.2, 0.25) is 5.02 Å². The Morgan fingerprint density at radius 2 is 1.81 bits per heavy atom. The molecule has 2 amide bonds. The second-order valence-corrected chi connectivity index (χ2v) is 11.0. The first-order valence-electron chi connectivity index (χ1n) is 12.0. The molecule has 8 nitrogen and oxygen atoms in total. The molecule has 36 heavy (non-hydrogen) atoms. The number of carbonyl (C=O) groups is 2. The highest BCUT2D eigenvalue weighted by Crippen LogP contribution is 2.24. The summed E-state index contributed by atoms with van der Waals surface area (Å²) in [5, 5.41) is 3.47. The lowest BCUT2D eigenvalue weighted by atomic mass is 10.1. The van der Waals surface area contributed by atoms with E-state index < -0.39 is 16.1 Å². The van der Waals surface area contributed by atoms with Crippen molar-refractivity contribution in [2.75, 3.05) is 30.8 Å². The Labute approximate surface area is 219 Å². The maximum Gasteiger partial charge on any atom is 0.242 e. The number of unbranched alkanes of at least 4 members (excludes halogenated alkanes) is 1. The van der Waals surface area contributed by atoms with Crippen LogP contribution >= 0.6 is 11.6 Å². The lowest BCUT2D eigenvalue weighted by Gasteiger charge is -2.29. The predicted molar refractivity (Wildman–Crippen MR) is 144 cm³/mol. The number of ether oxygens (including phenoxy) is 1. The molecule has 0 aliphatic heterocycles. The molecule has 0 saturated heterocycles. The maximum absolute atomic E-state index is 13.3. The van der Waals surface area contributed by atoms with Crippen LogP contribution in [-0.2, 0) is 26.2 Å². The van der Waals surface area contributed by atoms with Gasteiger partial charge in [-0.15, -0.1) is 0 Å². The Balaban J connectivity index is 2.15. The summed E-state index contributed by atoms with van der Waals surface area (Å²) in [6.45, 7) is 4.64. The number of benzene rings is 2. The van der Waals surface area contributed by atoms with E-state index in [1.54, 1.807) is 43.3 Å². The molecule has 0 saturated carbocycles. The van der Waals surface area contributed by atoms with Gasteiger partial charge in [-0.25, -0.2) is 8.42 Å². The fourth-order valence-corrected chi connectivity index (χ4v) is 4.76. The first kappa shape index (κ1) is 29.5. The molecule has 2 aromatic rings. The van der Waals surface area contributed by atoms with E-state index >= 15 is 0 Å². The van der Waals surface area contributed by atoms with E-state index in [9.17, 15) is 18.0 Å². The molecule has 0 bridgehead atoms. The number of hydrogen-bond donors (Lipinski definition) is 1. The highest BCUT2D eigenvalue weighted by atomic mass is 35.5. The average Bonchev–Trinajstić information content (AvgIpc) is 2.85. The SMILES string of the molecule is CCCCNC(=O)C(C)N(Cc1ccc(Cl)cc1)C(=O)CCCN(c1cccc(OC)c1)S(C)(=O)=O. The van der Waals surface area contributed by atoms with Gasteiger partial charge in [0.1, 0.15) is 11.8 Å². The zero-order chi connectivity index (χ0) is 26.7. The number of nitrogens with one attached hydrogen (secondary N) is 1. The summed E-state index contributed by atoms with van der Waals surface area (Å²) >= 11 is 5.99. The highest BCUT2D eigenvalue weighted by molar-refractivity contribution is 7.92. The molecular formula is C26H36ClN3O5S. The summed E-state index contributed by atoms with van der Waals surface area (Å²) in [5.41, 5.74) is 1.31. The van der Waals surface area contributed by atoms with Gasteiger partial charge < -0.3 is 15.0 Å². The Kier molecular flexibility index (Phi) is 11.5. The van der Waals surface area contributed by atoms with E-state index in [2.05, 4.69) is 5.32 Å². The number of anilines is 1. The summed E-state index contributed by atoms with van der Waals surface area (Å²) in [4.78, 5) is 27.6. The molecule has 2 aromatic carbocycles. The molecule has 1 atom stereocenters. The van der Waals surface area contributed by atoms with E-state index in [1.165, 1.54) is 16.3 Å². The molecule has 1 N–H and O–H groups in total. The standard InChI is InChI=1S/C26H36ClN3O5S/c1-5-6-16-28-26(32)20(2)29(19-21-12-14-22(27)15-13-21)25(31)11-8-17-30(36(4,33)34)23-9-7-10-24(18-23)35-3/h7,9-10,12-15,18,20H,5-6,8,11,16-17,19H2,1-4H3,(H,28,32). The third-order valence-corrected chi connectivity index (χ3v) is 7.20. The van der Waals surface area contributed by atoms with E-state index in [1.807, 2.05) is 19.1 Å². The number of amides is 2. The third-order valence-electron chi connectivity index (χ3n) is 5.76. The molecule has 2 rings (SSSR count). The monoisotopic (exact) mass is 537 g/mol. The van der Waals surface area contributed by atoms with Gasteiger partial charge in [-0.1, -0.05) is 43.1 Å². The number of methoxy groups -OCH3 is 1. The zero-order valence-electron chi connectivity index (χ0n) is 21.4. The van der Waals surface area contributed by atoms with E-state index in [0.717, 1.165) is 24.7 Å². The first-order chi connectivity index (χ1) is 17.1. The molecule has 10 heteroatoms. The normalized spacial score (nSPS) is 12.0. The van der Waals surface area contributed by atoms with Gasteiger partial charge in [0.05, 0.1) is 19.1 Å². The minimum Gasteiger partial charge on any atom is -0.497 e. The fourth-order valence-electron chi connectivity index (χ4n) is 3.67. The summed E-state index contributed by atoms with van der Waals surface area (Å²) in [6, 6.07) is 13.2. The van der Waals surface area contributed by atoms with E-state index in [-0.39, 0.29) is 37.7 Å². The number of carbonyl (C=O) groups excluding carboxylic acids is 2. The van der Waals surface area contributed by atoms with Crippen LogP contribution in [0.1, 0.15) is 45.1 Å². The van der Waals surface area contributed by atoms with Crippen LogP contribution in [0.25, 0.3) is 0 Å². The average molecular weight is 538 g/mol. The third kappa shape index (κ3) is 9.02. The molecule has 0 heterocycles. The van der Waals surface area contributed by atoms with Gasteiger partial charge >= 0.3 is 0 Å². The minimum atomic E-state index is -3.58. The molecule has 0 aliphatic carbocycles. The number of sulfonamides is 1.